The summed E-state index contributed by atoms with van der Waals surface area (Å²) < 4.78 is 32.5. The molecule has 0 aliphatic rings. The summed E-state index contributed by atoms with van der Waals surface area (Å²) in [5.41, 5.74) is 2.06. The third-order valence-electron chi connectivity index (χ3n) is 4.11. The topological polar surface area (TPSA) is 125 Å². The van der Waals surface area contributed by atoms with Gasteiger partial charge in [0.25, 0.3) is 0 Å². The first-order valence-electron chi connectivity index (χ1n) is 9.11. The standard InChI is InChI=1S/C17H17F2N3O.C4H4O4/c1-23-15-5-3-2-4-11(15)10-20-9-8-14-16-13(21-22-14)7-6-12(18)17(16)19;5-3(6)1-2-4(7)8/h2-7,20H,8-10H2,1H3,(H,21,22);1-2H,(H,5,6)(H,7,8)/b;2-1+. The maximum atomic E-state index is 13.9. The number of nitrogens with one attached hydrogen (secondary N) is 2. The lowest BCUT2D eigenvalue weighted by Gasteiger charge is -2.09. The highest BCUT2D eigenvalue weighted by molar-refractivity contribution is 5.89. The van der Waals surface area contributed by atoms with Crippen LogP contribution in [-0.4, -0.2) is 46.0 Å². The lowest BCUT2D eigenvalue weighted by molar-refractivity contribution is -0.134. The summed E-state index contributed by atoms with van der Waals surface area (Å²) in [7, 11) is 1.63. The number of para-hydroxylation sites is 1. The van der Waals surface area contributed by atoms with Crippen molar-refractivity contribution in [2.24, 2.45) is 0 Å². The summed E-state index contributed by atoms with van der Waals surface area (Å²) in [6.07, 6.45) is 1.61. The van der Waals surface area contributed by atoms with Crippen molar-refractivity contribution in [2.75, 3.05) is 13.7 Å². The fourth-order valence-corrected chi connectivity index (χ4v) is 2.71. The molecule has 0 fully saturated rings. The van der Waals surface area contributed by atoms with E-state index in [0.717, 1.165) is 17.4 Å². The zero-order valence-electron chi connectivity index (χ0n) is 16.6. The first-order valence-corrected chi connectivity index (χ1v) is 9.11. The quantitative estimate of drug-likeness (QED) is 0.318. The summed E-state index contributed by atoms with van der Waals surface area (Å²) in [4.78, 5) is 19.1. The zero-order valence-corrected chi connectivity index (χ0v) is 16.6. The van der Waals surface area contributed by atoms with Crippen LogP contribution in [0, 0.1) is 11.6 Å². The molecule has 2 aromatic carbocycles. The monoisotopic (exact) mass is 433 g/mol. The molecular formula is C21H21F2N3O5. The Morgan fingerprint density at radius 3 is 2.45 bits per heavy atom. The number of carbonyl (C=O) groups is 2. The van der Waals surface area contributed by atoms with E-state index in [4.69, 9.17) is 14.9 Å². The van der Waals surface area contributed by atoms with Crippen LogP contribution in [0.4, 0.5) is 8.78 Å². The molecule has 0 aliphatic heterocycles. The molecule has 31 heavy (non-hydrogen) atoms. The fourth-order valence-electron chi connectivity index (χ4n) is 2.71. The highest BCUT2D eigenvalue weighted by atomic mass is 19.2. The predicted molar refractivity (Wildman–Crippen MR) is 109 cm³/mol. The van der Waals surface area contributed by atoms with E-state index < -0.39 is 23.6 Å². The molecule has 0 amide bonds. The second kappa shape index (κ2) is 11.4. The zero-order chi connectivity index (χ0) is 22.8. The Labute approximate surface area is 176 Å². The second-order valence-corrected chi connectivity index (χ2v) is 6.20. The molecule has 1 heterocycles. The third-order valence-corrected chi connectivity index (χ3v) is 4.11. The van der Waals surface area contributed by atoms with Gasteiger partial charge in [0, 0.05) is 37.2 Å². The number of fused-ring (bicyclic) bond motifs is 1. The number of methoxy groups -OCH3 is 1. The van der Waals surface area contributed by atoms with Crippen molar-refractivity contribution >= 4 is 22.8 Å². The number of carboxylic acids is 2. The minimum Gasteiger partial charge on any atom is -0.496 e. The summed E-state index contributed by atoms with van der Waals surface area (Å²) in [6, 6.07) is 10.3. The van der Waals surface area contributed by atoms with Gasteiger partial charge in [-0.15, -0.1) is 0 Å². The number of ether oxygens (including phenoxy) is 1. The summed E-state index contributed by atoms with van der Waals surface area (Å²) in [6.45, 7) is 1.22. The predicted octanol–water partition coefficient (Wildman–Crippen LogP) is 2.89. The number of aliphatic carboxylic acids is 2. The molecule has 0 aliphatic carbocycles. The number of carboxylic acid groups (broad SMARTS) is 2. The molecule has 4 N–H and O–H groups in total. The van der Waals surface area contributed by atoms with Crippen LogP contribution in [0.25, 0.3) is 10.9 Å². The molecular weight excluding hydrogens is 412 g/mol. The first kappa shape index (κ1) is 23.5. The number of hydrogen-bond acceptors (Lipinski definition) is 5. The van der Waals surface area contributed by atoms with Gasteiger partial charge < -0.3 is 20.3 Å². The Morgan fingerprint density at radius 1 is 1.13 bits per heavy atom. The molecule has 0 radical (unpaired) electrons. The number of aromatic nitrogens is 2. The van der Waals surface area contributed by atoms with Gasteiger partial charge in [-0.2, -0.15) is 5.10 Å². The fraction of sp³-hybridized carbons (Fsp3) is 0.190. The maximum Gasteiger partial charge on any atom is 0.328 e. The Balaban J connectivity index is 0.000000366. The summed E-state index contributed by atoms with van der Waals surface area (Å²) in [5, 5.41) is 25.9. The van der Waals surface area contributed by atoms with Crippen molar-refractivity contribution in [3.63, 3.8) is 0 Å². The molecule has 0 saturated heterocycles. The van der Waals surface area contributed by atoms with Crippen LogP contribution in [0.1, 0.15) is 11.3 Å². The minimum absolute atomic E-state index is 0.226. The number of halogens is 2. The summed E-state index contributed by atoms with van der Waals surface area (Å²) >= 11 is 0. The molecule has 8 nitrogen and oxygen atoms in total. The number of rotatable bonds is 8. The molecule has 3 rings (SSSR count). The van der Waals surface area contributed by atoms with E-state index in [2.05, 4.69) is 15.5 Å². The smallest absolute Gasteiger partial charge is 0.328 e. The molecule has 10 heteroatoms. The van der Waals surface area contributed by atoms with Crippen LogP contribution in [0.2, 0.25) is 0 Å². The molecule has 0 bridgehead atoms. The lowest BCUT2D eigenvalue weighted by Crippen LogP contribution is -2.17. The van der Waals surface area contributed by atoms with Crippen LogP contribution in [0.15, 0.2) is 48.6 Å². The molecule has 0 spiro atoms. The Kier molecular flexibility index (Phi) is 8.64. The Hall–Kier alpha value is -3.79. The van der Waals surface area contributed by atoms with Gasteiger partial charge in [-0.3, -0.25) is 5.10 Å². The SMILES string of the molecule is COc1ccccc1CNCCc1n[nH]c2ccc(F)c(F)c12.O=C(O)/C=C/C(=O)O. The average molecular weight is 433 g/mol. The molecule has 3 aromatic rings. The molecule has 0 atom stereocenters. The van der Waals surface area contributed by atoms with E-state index in [1.54, 1.807) is 7.11 Å². The van der Waals surface area contributed by atoms with Gasteiger partial charge in [0.1, 0.15) is 5.75 Å². The molecule has 1 aromatic heterocycles. The molecule has 164 valence electrons. The van der Waals surface area contributed by atoms with Gasteiger partial charge in [0.15, 0.2) is 11.6 Å². The van der Waals surface area contributed by atoms with Crippen molar-refractivity contribution in [1.82, 2.24) is 15.5 Å². The third kappa shape index (κ3) is 6.89. The van der Waals surface area contributed by atoms with Crippen LogP contribution < -0.4 is 10.1 Å². The highest BCUT2D eigenvalue weighted by Crippen LogP contribution is 2.22. The number of nitrogens with zero attached hydrogens (tertiary/aromatic N) is 1. The number of hydrogen-bond donors (Lipinski definition) is 4. The van der Waals surface area contributed by atoms with Crippen molar-refractivity contribution in [1.29, 1.82) is 0 Å². The van der Waals surface area contributed by atoms with Crippen molar-refractivity contribution in [3.05, 3.63) is 71.4 Å². The highest BCUT2D eigenvalue weighted by Gasteiger charge is 2.14. The van der Waals surface area contributed by atoms with E-state index in [-0.39, 0.29) is 5.39 Å². The van der Waals surface area contributed by atoms with E-state index in [1.807, 2.05) is 24.3 Å². The maximum absolute atomic E-state index is 13.9. The van der Waals surface area contributed by atoms with Crippen LogP contribution >= 0.6 is 0 Å². The van der Waals surface area contributed by atoms with Gasteiger partial charge in [0.05, 0.1) is 23.7 Å². The number of aromatic amines is 1. The number of H-pyrrole nitrogens is 1. The average Bonchev–Trinajstić information content (AvgIpc) is 3.17. The van der Waals surface area contributed by atoms with Gasteiger partial charge >= 0.3 is 11.9 Å². The van der Waals surface area contributed by atoms with Crippen molar-refractivity contribution in [3.8, 4) is 5.75 Å². The Morgan fingerprint density at radius 2 is 1.81 bits per heavy atom. The minimum atomic E-state index is -1.26. The molecule has 0 saturated carbocycles. The normalized spacial score (nSPS) is 10.7. The van der Waals surface area contributed by atoms with Gasteiger partial charge in [-0.25, -0.2) is 18.4 Å². The second-order valence-electron chi connectivity index (χ2n) is 6.20. The Bertz CT molecular complexity index is 1070. The largest absolute Gasteiger partial charge is 0.496 e. The van der Waals surface area contributed by atoms with Crippen molar-refractivity contribution < 1.29 is 33.3 Å². The van der Waals surface area contributed by atoms with Gasteiger partial charge in [0.2, 0.25) is 0 Å². The van der Waals surface area contributed by atoms with Gasteiger partial charge in [-0.1, -0.05) is 18.2 Å². The summed E-state index contributed by atoms with van der Waals surface area (Å²) in [5.74, 6) is -3.41. The lowest BCUT2D eigenvalue weighted by atomic mass is 10.1. The first-order chi connectivity index (χ1) is 14.8. The van der Waals surface area contributed by atoms with E-state index in [1.165, 1.54) is 6.07 Å². The van der Waals surface area contributed by atoms with E-state index >= 15 is 0 Å². The van der Waals surface area contributed by atoms with Crippen molar-refractivity contribution in [2.45, 2.75) is 13.0 Å². The van der Waals surface area contributed by atoms with Crippen LogP contribution in [0.3, 0.4) is 0 Å². The number of benzene rings is 2. The van der Waals surface area contributed by atoms with E-state index in [9.17, 15) is 18.4 Å². The molecule has 0 unspecified atom stereocenters. The van der Waals surface area contributed by atoms with Crippen LogP contribution in [0.5, 0.6) is 5.75 Å². The van der Waals surface area contributed by atoms with Crippen LogP contribution in [-0.2, 0) is 22.6 Å². The van der Waals surface area contributed by atoms with E-state index in [0.29, 0.717) is 42.9 Å². The van der Waals surface area contributed by atoms with Gasteiger partial charge in [-0.05, 0) is 18.2 Å².